The molecule has 0 saturated heterocycles. The third-order valence-corrected chi connectivity index (χ3v) is 2.74. The lowest BCUT2D eigenvalue weighted by molar-refractivity contribution is -0.139. The number of carbonyl (C=O) groups is 1. The van der Waals surface area contributed by atoms with E-state index in [2.05, 4.69) is 10.3 Å². The van der Waals surface area contributed by atoms with Crippen molar-refractivity contribution in [3.63, 3.8) is 0 Å². The fourth-order valence-electron chi connectivity index (χ4n) is 1.75. The minimum absolute atomic E-state index is 0.146. The molecule has 1 aromatic carbocycles. The third kappa shape index (κ3) is 3.36. The Bertz CT molecular complexity index is 605. The Kier molecular flexibility index (Phi) is 4.37. The van der Waals surface area contributed by atoms with Gasteiger partial charge in [-0.1, -0.05) is 12.1 Å². The van der Waals surface area contributed by atoms with Crippen molar-refractivity contribution < 1.29 is 18.7 Å². The number of halogens is 2. The molecule has 20 heavy (non-hydrogen) atoms. The van der Waals surface area contributed by atoms with Crippen LogP contribution in [0, 0.1) is 11.6 Å². The summed E-state index contributed by atoms with van der Waals surface area (Å²) >= 11 is 0. The third-order valence-electron chi connectivity index (χ3n) is 2.74. The second-order valence-electron chi connectivity index (χ2n) is 4.15. The van der Waals surface area contributed by atoms with E-state index in [1.54, 1.807) is 24.4 Å². The number of aliphatic carboxylic acids is 1. The van der Waals surface area contributed by atoms with Crippen molar-refractivity contribution >= 4 is 5.97 Å². The van der Waals surface area contributed by atoms with Crippen LogP contribution in [0.15, 0.2) is 42.6 Å². The molecule has 0 amide bonds. The smallest absolute Gasteiger partial charge is 0.325 e. The number of aromatic nitrogens is 1. The molecule has 0 saturated carbocycles. The summed E-state index contributed by atoms with van der Waals surface area (Å²) in [5.41, 5.74) is 0.800. The number of benzene rings is 1. The summed E-state index contributed by atoms with van der Waals surface area (Å²) in [5.74, 6) is -3.26. The van der Waals surface area contributed by atoms with Gasteiger partial charge in [0, 0.05) is 12.7 Å². The molecular weight excluding hydrogens is 266 g/mol. The molecule has 0 aliphatic rings. The molecular formula is C14H12F2N2O2. The molecule has 0 aliphatic heterocycles. The van der Waals surface area contributed by atoms with Crippen molar-refractivity contribution in [2.24, 2.45) is 0 Å². The maximum Gasteiger partial charge on any atom is 0.325 e. The first-order valence-corrected chi connectivity index (χ1v) is 5.89. The first-order chi connectivity index (χ1) is 9.58. The van der Waals surface area contributed by atoms with Gasteiger partial charge < -0.3 is 5.11 Å². The van der Waals surface area contributed by atoms with Gasteiger partial charge in [0.2, 0.25) is 0 Å². The zero-order chi connectivity index (χ0) is 14.5. The minimum Gasteiger partial charge on any atom is -0.480 e. The molecule has 2 aromatic rings. The molecule has 1 atom stereocenters. The highest BCUT2D eigenvalue weighted by atomic mass is 19.2. The van der Waals surface area contributed by atoms with Gasteiger partial charge in [-0.15, -0.1) is 0 Å². The Morgan fingerprint density at radius 2 is 2.05 bits per heavy atom. The molecule has 0 aliphatic carbocycles. The number of nitrogens with zero attached hydrogens (tertiary/aromatic N) is 1. The number of pyridine rings is 1. The van der Waals surface area contributed by atoms with Crippen LogP contribution >= 0.6 is 0 Å². The van der Waals surface area contributed by atoms with E-state index in [0.29, 0.717) is 5.69 Å². The van der Waals surface area contributed by atoms with E-state index in [4.69, 9.17) is 5.11 Å². The van der Waals surface area contributed by atoms with E-state index in [9.17, 15) is 13.6 Å². The van der Waals surface area contributed by atoms with E-state index in [0.717, 1.165) is 12.1 Å². The second-order valence-corrected chi connectivity index (χ2v) is 4.15. The van der Waals surface area contributed by atoms with Gasteiger partial charge in [0.05, 0.1) is 5.69 Å². The molecule has 2 N–H and O–H groups in total. The highest BCUT2D eigenvalue weighted by Gasteiger charge is 2.20. The lowest BCUT2D eigenvalue weighted by Gasteiger charge is -2.14. The van der Waals surface area contributed by atoms with Crippen molar-refractivity contribution in [2.45, 2.75) is 12.6 Å². The lowest BCUT2D eigenvalue weighted by atomic mass is 10.1. The van der Waals surface area contributed by atoms with Crippen LogP contribution in [0.25, 0.3) is 0 Å². The molecule has 0 bridgehead atoms. The number of carboxylic acids is 1. The molecule has 1 unspecified atom stereocenters. The average molecular weight is 278 g/mol. The molecule has 1 heterocycles. The van der Waals surface area contributed by atoms with Crippen LogP contribution in [0.4, 0.5) is 8.78 Å². The Morgan fingerprint density at radius 3 is 2.65 bits per heavy atom. The van der Waals surface area contributed by atoms with E-state index in [1.165, 1.54) is 6.07 Å². The largest absolute Gasteiger partial charge is 0.480 e. The molecule has 6 heteroatoms. The summed E-state index contributed by atoms with van der Waals surface area (Å²) in [6.07, 6.45) is 1.59. The van der Waals surface area contributed by atoms with Crippen LogP contribution in [0.2, 0.25) is 0 Å². The maximum atomic E-state index is 13.2. The number of hydrogen-bond acceptors (Lipinski definition) is 3. The van der Waals surface area contributed by atoms with Crippen LogP contribution in [0.1, 0.15) is 17.3 Å². The predicted molar refractivity (Wildman–Crippen MR) is 67.8 cm³/mol. The highest BCUT2D eigenvalue weighted by Crippen LogP contribution is 2.17. The zero-order valence-corrected chi connectivity index (χ0v) is 10.4. The maximum absolute atomic E-state index is 13.2. The average Bonchev–Trinajstić information content (AvgIpc) is 2.43. The predicted octanol–water partition coefficient (Wildman–Crippen LogP) is 2.28. The van der Waals surface area contributed by atoms with Crippen LogP contribution in [0.3, 0.4) is 0 Å². The van der Waals surface area contributed by atoms with Crippen molar-refractivity contribution in [2.75, 3.05) is 0 Å². The summed E-state index contributed by atoms with van der Waals surface area (Å²) in [6.45, 7) is 0.205. The van der Waals surface area contributed by atoms with E-state index < -0.39 is 23.6 Å². The second kappa shape index (κ2) is 6.21. The van der Waals surface area contributed by atoms with Gasteiger partial charge in [-0.2, -0.15) is 0 Å². The fraction of sp³-hybridized carbons (Fsp3) is 0.143. The number of rotatable bonds is 5. The monoisotopic (exact) mass is 278 g/mol. The van der Waals surface area contributed by atoms with Crippen molar-refractivity contribution in [1.29, 1.82) is 0 Å². The standard InChI is InChI=1S/C14H12F2N2O2/c15-11-5-4-9(7-12(11)16)13(14(19)20)18-8-10-3-1-2-6-17-10/h1-7,13,18H,8H2,(H,19,20). The Morgan fingerprint density at radius 1 is 1.25 bits per heavy atom. The molecule has 0 spiro atoms. The summed E-state index contributed by atoms with van der Waals surface area (Å²) in [7, 11) is 0. The van der Waals surface area contributed by atoms with Gasteiger partial charge in [0.25, 0.3) is 0 Å². The molecule has 0 fully saturated rings. The molecule has 104 valence electrons. The Balaban J connectivity index is 2.15. The lowest BCUT2D eigenvalue weighted by Crippen LogP contribution is -2.28. The summed E-state index contributed by atoms with van der Waals surface area (Å²) in [6, 6.07) is 7.14. The normalized spacial score (nSPS) is 12.1. The van der Waals surface area contributed by atoms with E-state index >= 15 is 0 Å². The quantitative estimate of drug-likeness (QED) is 0.880. The highest BCUT2D eigenvalue weighted by molar-refractivity contribution is 5.75. The molecule has 1 aromatic heterocycles. The van der Waals surface area contributed by atoms with Crippen LogP contribution in [-0.2, 0) is 11.3 Å². The van der Waals surface area contributed by atoms with E-state index in [-0.39, 0.29) is 12.1 Å². The van der Waals surface area contributed by atoms with Crippen molar-refractivity contribution in [1.82, 2.24) is 10.3 Å². The minimum atomic E-state index is -1.17. The Labute approximate surface area is 114 Å². The molecule has 2 rings (SSSR count). The topological polar surface area (TPSA) is 62.2 Å². The zero-order valence-electron chi connectivity index (χ0n) is 10.4. The molecule has 4 nitrogen and oxygen atoms in total. The van der Waals surface area contributed by atoms with Crippen molar-refractivity contribution in [3.05, 3.63) is 65.5 Å². The van der Waals surface area contributed by atoms with E-state index in [1.807, 2.05) is 0 Å². The van der Waals surface area contributed by atoms with Gasteiger partial charge in [-0.25, -0.2) is 8.78 Å². The summed E-state index contributed by atoms with van der Waals surface area (Å²) < 4.78 is 26.0. The number of hydrogen-bond donors (Lipinski definition) is 2. The first-order valence-electron chi connectivity index (χ1n) is 5.89. The number of nitrogens with one attached hydrogen (secondary N) is 1. The molecule has 0 radical (unpaired) electrons. The van der Waals surface area contributed by atoms with Gasteiger partial charge in [0.15, 0.2) is 11.6 Å². The van der Waals surface area contributed by atoms with Gasteiger partial charge >= 0.3 is 5.97 Å². The van der Waals surface area contributed by atoms with Crippen LogP contribution < -0.4 is 5.32 Å². The SMILES string of the molecule is O=C(O)C(NCc1ccccn1)c1ccc(F)c(F)c1. The summed E-state index contributed by atoms with van der Waals surface area (Å²) in [4.78, 5) is 15.3. The first kappa shape index (κ1) is 14.1. The fourth-order valence-corrected chi connectivity index (χ4v) is 1.75. The van der Waals surface area contributed by atoms with Crippen LogP contribution in [0.5, 0.6) is 0 Å². The summed E-state index contributed by atoms with van der Waals surface area (Å²) in [5, 5.41) is 11.9. The van der Waals surface area contributed by atoms with Gasteiger partial charge in [-0.3, -0.25) is 15.1 Å². The van der Waals surface area contributed by atoms with Gasteiger partial charge in [0.1, 0.15) is 6.04 Å². The van der Waals surface area contributed by atoms with Crippen molar-refractivity contribution in [3.8, 4) is 0 Å². The van der Waals surface area contributed by atoms with Crippen LogP contribution in [-0.4, -0.2) is 16.1 Å². The number of carboxylic acid groups (broad SMARTS) is 1. The Hall–Kier alpha value is -2.34. The van der Waals surface area contributed by atoms with Gasteiger partial charge in [-0.05, 0) is 29.8 Å².